The second-order valence-electron chi connectivity index (χ2n) is 3.79. The van der Waals surface area contributed by atoms with Crippen molar-refractivity contribution < 1.29 is 4.74 Å². The van der Waals surface area contributed by atoms with E-state index in [1.54, 1.807) is 6.07 Å². The minimum atomic E-state index is 0.00351. The highest BCUT2D eigenvalue weighted by Crippen LogP contribution is 2.22. The number of benzene rings is 1. The van der Waals surface area contributed by atoms with Crippen LogP contribution >= 0.6 is 23.2 Å². The van der Waals surface area contributed by atoms with Crippen molar-refractivity contribution in [3.8, 4) is 0 Å². The van der Waals surface area contributed by atoms with E-state index in [-0.39, 0.29) is 6.04 Å². The van der Waals surface area contributed by atoms with Crippen LogP contribution in [-0.4, -0.2) is 19.3 Å². The fourth-order valence-corrected chi connectivity index (χ4v) is 1.73. The van der Waals surface area contributed by atoms with Gasteiger partial charge < -0.3 is 10.5 Å². The summed E-state index contributed by atoms with van der Waals surface area (Å²) in [6, 6.07) is 5.58. The minimum absolute atomic E-state index is 0.00351. The van der Waals surface area contributed by atoms with E-state index in [4.69, 9.17) is 33.7 Å². The van der Waals surface area contributed by atoms with Crippen LogP contribution in [0.4, 0.5) is 0 Å². The van der Waals surface area contributed by atoms with Crippen LogP contribution in [0.3, 0.4) is 0 Å². The van der Waals surface area contributed by atoms with Gasteiger partial charge in [0.05, 0.1) is 16.7 Å². The van der Waals surface area contributed by atoms with Crippen molar-refractivity contribution >= 4 is 23.2 Å². The molecule has 16 heavy (non-hydrogen) atoms. The zero-order valence-electron chi connectivity index (χ0n) is 9.38. The Labute approximate surface area is 107 Å². The molecule has 0 aliphatic carbocycles. The molecule has 0 saturated heterocycles. The summed E-state index contributed by atoms with van der Waals surface area (Å²) >= 11 is 11.8. The van der Waals surface area contributed by atoms with Gasteiger partial charge in [-0.1, -0.05) is 36.2 Å². The Bertz CT molecular complexity index is 331. The summed E-state index contributed by atoms with van der Waals surface area (Å²) < 4.78 is 5.39. The van der Waals surface area contributed by atoms with Crippen molar-refractivity contribution in [1.29, 1.82) is 0 Å². The summed E-state index contributed by atoms with van der Waals surface area (Å²) in [6.07, 6.45) is 1.76. The fraction of sp³-hybridized carbons (Fsp3) is 0.500. The van der Waals surface area contributed by atoms with Gasteiger partial charge in [0, 0.05) is 12.6 Å². The maximum Gasteiger partial charge on any atom is 0.0620 e. The van der Waals surface area contributed by atoms with Gasteiger partial charge in [-0.3, -0.25) is 0 Å². The third-order valence-electron chi connectivity index (χ3n) is 2.16. The molecule has 0 aliphatic heterocycles. The fourth-order valence-electron chi connectivity index (χ4n) is 1.41. The van der Waals surface area contributed by atoms with E-state index in [1.807, 2.05) is 12.1 Å². The Morgan fingerprint density at radius 3 is 2.69 bits per heavy atom. The first-order chi connectivity index (χ1) is 7.63. The van der Waals surface area contributed by atoms with Gasteiger partial charge in [-0.15, -0.1) is 0 Å². The van der Waals surface area contributed by atoms with Gasteiger partial charge in [0.1, 0.15) is 0 Å². The van der Waals surface area contributed by atoms with Crippen molar-refractivity contribution in [2.45, 2.75) is 25.8 Å². The molecule has 0 heterocycles. The van der Waals surface area contributed by atoms with Crippen LogP contribution in [0.1, 0.15) is 18.9 Å². The van der Waals surface area contributed by atoms with Crippen LogP contribution in [0.25, 0.3) is 0 Å². The molecule has 4 heteroatoms. The monoisotopic (exact) mass is 261 g/mol. The number of nitrogens with two attached hydrogens (primary N) is 1. The number of hydrogen-bond acceptors (Lipinski definition) is 2. The first kappa shape index (κ1) is 13.8. The van der Waals surface area contributed by atoms with Gasteiger partial charge in [-0.2, -0.15) is 0 Å². The van der Waals surface area contributed by atoms with Crippen LogP contribution in [0, 0.1) is 0 Å². The molecule has 1 aromatic carbocycles. The van der Waals surface area contributed by atoms with Crippen molar-refractivity contribution in [2.75, 3.05) is 13.2 Å². The molecule has 0 bridgehead atoms. The molecule has 2 nitrogen and oxygen atoms in total. The van der Waals surface area contributed by atoms with Crippen molar-refractivity contribution in [3.05, 3.63) is 33.8 Å². The molecule has 1 rings (SSSR count). The molecule has 0 amide bonds. The lowest BCUT2D eigenvalue weighted by Gasteiger charge is -2.12. The molecule has 1 atom stereocenters. The summed E-state index contributed by atoms with van der Waals surface area (Å²) in [5.74, 6) is 0. The molecule has 1 aromatic rings. The quantitative estimate of drug-likeness (QED) is 0.798. The average molecular weight is 262 g/mol. The molecular weight excluding hydrogens is 245 g/mol. The Balaban J connectivity index is 2.43. The number of rotatable bonds is 6. The van der Waals surface area contributed by atoms with Gasteiger partial charge in [0.15, 0.2) is 0 Å². The van der Waals surface area contributed by atoms with Crippen molar-refractivity contribution in [3.63, 3.8) is 0 Å². The maximum absolute atomic E-state index is 5.93. The van der Waals surface area contributed by atoms with Crippen LogP contribution in [0.2, 0.25) is 10.0 Å². The van der Waals surface area contributed by atoms with E-state index in [0.29, 0.717) is 16.7 Å². The first-order valence-electron chi connectivity index (χ1n) is 5.40. The molecule has 0 saturated carbocycles. The largest absolute Gasteiger partial charge is 0.380 e. The molecule has 1 unspecified atom stereocenters. The predicted molar refractivity (Wildman–Crippen MR) is 69.3 cm³/mol. The lowest BCUT2D eigenvalue weighted by atomic mass is 10.1. The highest BCUT2D eigenvalue weighted by molar-refractivity contribution is 6.42. The van der Waals surface area contributed by atoms with E-state index < -0.39 is 0 Å². The van der Waals surface area contributed by atoms with Crippen LogP contribution in [0.15, 0.2) is 18.2 Å². The normalized spacial score (nSPS) is 12.8. The first-order valence-corrected chi connectivity index (χ1v) is 6.16. The van der Waals surface area contributed by atoms with E-state index in [0.717, 1.165) is 25.0 Å². The Morgan fingerprint density at radius 1 is 1.31 bits per heavy atom. The predicted octanol–water partition coefficient (Wildman–Crippen LogP) is 3.29. The minimum Gasteiger partial charge on any atom is -0.380 e. The summed E-state index contributed by atoms with van der Waals surface area (Å²) in [7, 11) is 0. The smallest absolute Gasteiger partial charge is 0.0620 e. The second kappa shape index (κ2) is 7.13. The molecule has 90 valence electrons. The van der Waals surface area contributed by atoms with Crippen molar-refractivity contribution in [1.82, 2.24) is 0 Å². The summed E-state index contributed by atoms with van der Waals surface area (Å²) in [4.78, 5) is 0. The molecule has 2 N–H and O–H groups in total. The second-order valence-corrected chi connectivity index (χ2v) is 4.60. The summed E-state index contributed by atoms with van der Waals surface area (Å²) in [5, 5.41) is 1.14. The van der Waals surface area contributed by atoms with E-state index in [9.17, 15) is 0 Å². The molecule has 0 spiro atoms. The van der Waals surface area contributed by atoms with Crippen molar-refractivity contribution in [2.24, 2.45) is 5.73 Å². The van der Waals surface area contributed by atoms with E-state index >= 15 is 0 Å². The number of halogens is 2. The van der Waals surface area contributed by atoms with Gasteiger partial charge in [0.25, 0.3) is 0 Å². The molecule has 0 fully saturated rings. The number of ether oxygens (including phenoxy) is 1. The third kappa shape index (κ3) is 4.71. The van der Waals surface area contributed by atoms with Crippen LogP contribution in [0.5, 0.6) is 0 Å². The summed E-state index contributed by atoms with van der Waals surface area (Å²) in [6.45, 7) is 3.41. The third-order valence-corrected chi connectivity index (χ3v) is 2.90. The van der Waals surface area contributed by atoms with Gasteiger partial charge in [-0.25, -0.2) is 0 Å². The maximum atomic E-state index is 5.93. The zero-order chi connectivity index (χ0) is 12.0. The van der Waals surface area contributed by atoms with Gasteiger partial charge in [-0.05, 0) is 30.5 Å². The highest BCUT2D eigenvalue weighted by atomic mass is 35.5. The van der Waals surface area contributed by atoms with E-state index in [1.165, 1.54) is 0 Å². The topological polar surface area (TPSA) is 35.2 Å². The van der Waals surface area contributed by atoms with E-state index in [2.05, 4.69) is 6.92 Å². The van der Waals surface area contributed by atoms with Gasteiger partial charge >= 0.3 is 0 Å². The molecule has 0 aromatic heterocycles. The molecular formula is C12H17Cl2NO. The van der Waals surface area contributed by atoms with Crippen LogP contribution in [-0.2, 0) is 11.2 Å². The standard InChI is InChI=1S/C12H17Cl2NO/c1-2-5-16-8-10(15)6-9-3-4-11(13)12(14)7-9/h3-4,7,10H,2,5-6,8,15H2,1H3. The number of hydrogen-bond donors (Lipinski definition) is 1. The van der Waals surface area contributed by atoms with Crippen LogP contribution < -0.4 is 5.73 Å². The summed E-state index contributed by atoms with van der Waals surface area (Å²) in [5.41, 5.74) is 7.02. The average Bonchev–Trinajstić information content (AvgIpc) is 2.24. The Morgan fingerprint density at radius 2 is 2.06 bits per heavy atom. The lowest BCUT2D eigenvalue weighted by Crippen LogP contribution is -2.28. The Kier molecular flexibility index (Phi) is 6.14. The molecule has 0 aliphatic rings. The zero-order valence-corrected chi connectivity index (χ0v) is 10.9. The lowest BCUT2D eigenvalue weighted by molar-refractivity contribution is 0.121. The highest BCUT2D eigenvalue weighted by Gasteiger charge is 2.06. The SMILES string of the molecule is CCCOCC(N)Cc1ccc(Cl)c(Cl)c1. The molecule has 0 radical (unpaired) electrons. The Hall–Kier alpha value is -0.280. The van der Waals surface area contributed by atoms with Gasteiger partial charge in [0.2, 0.25) is 0 Å².